The molecule has 0 saturated carbocycles. The Morgan fingerprint density at radius 3 is 2.49 bits per heavy atom. The summed E-state index contributed by atoms with van der Waals surface area (Å²) < 4.78 is 6.65. The maximum atomic E-state index is 12.3. The summed E-state index contributed by atoms with van der Waals surface area (Å²) in [5, 5.41) is 0. The van der Waals surface area contributed by atoms with Crippen LogP contribution >= 0.6 is 11.3 Å². The van der Waals surface area contributed by atoms with Gasteiger partial charge in [-0.1, -0.05) is 18.2 Å². The molecule has 0 radical (unpaired) electrons. The van der Waals surface area contributed by atoms with Crippen LogP contribution in [0.25, 0.3) is 32.0 Å². The van der Waals surface area contributed by atoms with Gasteiger partial charge in [-0.05, 0) is 36.7 Å². The van der Waals surface area contributed by atoms with Crippen molar-refractivity contribution in [2.75, 3.05) is 70.2 Å². The van der Waals surface area contributed by atoms with E-state index in [1.165, 1.54) is 0 Å². The number of aldehydes is 1. The molecule has 2 N–H and O–H groups in total. The Kier molecular flexibility index (Phi) is 7.22. The molecule has 1 aromatic carbocycles. The SMILES string of the molecule is Cc1c(-c2cccc(C(C=O)N3CCN(C)CC3)c2)sc2c(N3CCOCC3)nc(-c3cnc(N)nc3)nc12. The molecule has 1 unspecified atom stereocenters. The highest BCUT2D eigenvalue weighted by Crippen LogP contribution is 2.42. The predicted octanol–water partition coefficient (Wildman–Crippen LogP) is 3.03. The number of carbonyl (C=O) groups is 1. The van der Waals surface area contributed by atoms with Gasteiger partial charge < -0.3 is 25.1 Å². The average molecular weight is 545 g/mol. The number of aromatic nitrogens is 4. The molecule has 2 fully saturated rings. The maximum absolute atomic E-state index is 12.3. The molecule has 0 bridgehead atoms. The van der Waals surface area contributed by atoms with Crippen molar-refractivity contribution in [2.45, 2.75) is 13.0 Å². The predicted molar refractivity (Wildman–Crippen MR) is 154 cm³/mol. The molecule has 6 rings (SSSR count). The van der Waals surface area contributed by atoms with Crippen molar-refractivity contribution in [3.05, 3.63) is 47.8 Å². The van der Waals surface area contributed by atoms with Crippen molar-refractivity contribution in [1.82, 2.24) is 29.7 Å². The Bertz CT molecular complexity index is 1480. The summed E-state index contributed by atoms with van der Waals surface area (Å²) in [6, 6.07) is 8.12. The van der Waals surface area contributed by atoms with Gasteiger partial charge in [0.15, 0.2) is 11.6 Å². The van der Waals surface area contributed by atoms with Gasteiger partial charge in [0.2, 0.25) is 5.95 Å². The molecule has 4 aromatic rings. The number of benzene rings is 1. The van der Waals surface area contributed by atoms with Gasteiger partial charge in [-0.3, -0.25) is 4.90 Å². The Morgan fingerprint density at radius 2 is 1.77 bits per heavy atom. The molecule has 2 aliphatic heterocycles. The van der Waals surface area contributed by atoms with Gasteiger partial charge in [0.25, 0.3) is 0 Å². The lowest BCUT2D eigenvalue weighted by atomic mass is 10.0. The fraction of sp³-hybridized carbons (Fsp3) is 0.393. The first kappa shape index (κ1) is 25.8. The molecule has 1 atom stereocenters. The number of fused-ring (bicyclic) bond motifs is 1. The average Bonchev–Trinajstić information content (AvgIpc) is 3.31. The Morgan fingerprint density at radius 1 is 1.03 bits per heavy atom. The van der Waals surface area contributed by atoms with Crippen LogP contribution in [0, 0.1) is 6.92 Å². The molecule has 2 aliphatic rings. The van der Waals surface area contributed by atoms with Gasteiger partial charge in [0.05, 0.1) is 35.0 Å². The van der Waals surface area contributed by atoms with Crippen LogP contribution in [0.5, 0.6) is 0 Å². The zero-order chi connectivity index (χ0) is 26.9. The van der Waals surface area contributed by atoms with Gasteiger partial charge in [0.1, 0.15) is 6.29 Å². The van der Waals surface area contributed by atoms with Crippen molar-refractivity contribution in [3.63, 3.8) is 0 Å². The van der Waals surface area contributed by atoms with Crippen molar-refractivity contribution in [3.8, 4) is 21.8 Å². The summed E-state index contributed by atoms with van der Waals surface area (Å²) in [6.45, 7) is 8.62. The minimum absolute atomic E-state index is 0.215. The number of piperazine rings is 1. The third kappa shape index (κ3) is 5.10. The lowest BCUT2D eigenvalue weighted by Gasteiger charge is -2.35. The van der Waals surface area contributed by atoms with E-state index in [2.05, 4.69) is 56.8 Å². The van der Waals surface area contributed by atoms with Gasteiger partial charge in [-0.2, -0.15) is 0 Å². The molecule has 0 spiro atoms. The Balaban J connectivity index is 1.44. The number of nitrogens with zero attached hydrogens (tertiary/aromatic N) is 7. The Labute approximate surface area is 231 Å². The first-order valence-electron chi connectivity index (χ1n) is 13.2. The van der Waals surface area contributed by atoms with Crippen molar-refractivity contribution >= 4 is 39.6 Å². The summed E-state index contributed by atoms with van der Waals surface area (Å²) >= 11 is 1.70. The van der Waals surface area contributed by atoms with Crippen LogP contribution in [-0.2, 0) is 9.53 Å². The summed E-state index contributed by atoms with van der Waals surface area (Å²) in [5.74, 6) is 1.68. The molecule has 5 heterocycles. The first-order chi connectivity index (χ1) is 19.0. The molecule has 2 saturated heterocycles. The Hall–Kier alpha value is -3.51. The van der Waals surface area contributed by atoms with Crippen LogP contribution in [0.1, 0.15) is 17.2 Å². The number of likely N-dealkylation sites (N-methyl/N-ethyl adjacent to an activating group) is 1. The van der Waals surface area contributed by atoms with Crippen LogP contribution in [0.3, 0.4) is 0 Å². The highest BCUT2D eigenvalue weighted by Gasteiger charge is 2.26. The molecule has 10 nitrogen and oxygen atoms in total. The monoisotopic (exact) mass is 544 g/mol. The van der Waals surface area contributed by atoms with E-state index < -0.39 is 0 Å². The second-order valence-electron chi connectivity index (χ2n) is 10.1. The van der Waals surface area contributed by atoms with Crippen LogP contribution in [0.15, 0.2) is 36.7 Å². The quantitative estimate of drug-likeness (QED) is 0.363. The molecular weight excluding hydrogens is 512 g/mol. The third-order valence-corrected chi connectivity index (χ3v) is 8.86. The lowest BCUT2D eigenvalue weighted by molar-refractivity contribution is -0.113. The molecule has 0 aliphatic carbocycles. The van der Waals surface area contributed by atoms with E-state index in [1.807, 2.05) is 6.07 Å². The van der Waals surface area contributed by atoms with E-state index in [9.17, 15) is 4.79 Å². The van der Waals surface area contributed by atoms with E-state index in [-0.39, 0.29) is 12.0 Å². The second-order valence-corrected chi connectivity index (χ2v) is 11.1. The summed E-state index contributed by atoms with van der Waals surface area (Å²) in [4.78, 5) is 38.5. The number of carbonyl (C=O) groups excluding carboxylic acids is 1. The van der Waals surface area contributed by atoms with Crippen LogP contribution in [-0.4, -0.2) is 95.6 Å². The standard InChI is InChI=1S/C28H32N8O2S/c1-18-23-25(27(36-10-12-38-13-11-36)33-26(32-23)21-15-30-28(29)31-16-21)39-24(18)20-5-3-4-19(14-20)22(17-37)35-8-6-34(2)7-9-35/h3-5,14-17,22H,6-13H2,1-2H3,(H2,29,30,31). The number of morpholine rings is 1. The van der Waals surface area contributed by atoms with E-state index >= 15 is 0 Å². The number of thiophene rings is 1. The fourth-order valence-corrected chi connectivity index (χ4v) is 6.52. The van der Waals surface area contributed by atoms with Gasteiger partial charge in [-0.25, -0.2) is 19.9 Å². The molecule has 202 valence electrons. The first-order valence-corrected chi connectivity index (χ1v) is 14.0. The molecule has 0 amide bonds. The number of hydrogen-bond acceptors (Lipinski definition) is 11. The zero-order valence-electron chi connectivity index (χ0n) is 22.2. The zero-order valence-corrected chi connectivity index (χ0v) is 23.0. The summed E-state index contributed by atoms with van der Waals surface area (Å²) in [5.41, 5.74) is 10.5. The number of hydrogen-bond donors (Lipinski definition) is 1. The lowest BCUT2D eigenvalue weighted by Crippen LogP contribution is -2.46. The number of aryl methyl sites for hydroxylation is 1. The molecule has 11 heteroatoms. The van der Waals surface area contributed by atoms with Crippen LogP contribution in [0.4, 0.5) is 11.8 Å². The normalized spacial score (nSPS) is 17.9. The van der Waals surface area contributed by atoms with E-state index in [4.69, 9.17) is 20.4 Å². The molecule has 3 aromatic heterocycles. The minimum Gasteiger partial charge on any atom is -0.378 e. The number of anilines is 2. The number of nitrogens with two attached hydrogens (primary N) is 1. The topological polar surface area (TPSA) is 114 Å². The summed E-state index contributed by atoms with van der Waals surface area (Å²) in [7, 11) is 2.12. The minimum atomic E-state index is -0.255. The van der Waals surface area contributed by atoms with E-state index in [1.54, 1.807) is 23.7 Å². The van der Waals surface area contributed by atoms with Crippen molar-refractivity contribution in [2.24, 2.45) is 0 Å². The number of rotatable bonds is 6. The summed E-state index contributed by atoms with van der Waals surface area (Å²) in [6.07, 6.45) is 4.40. The van der Waals surface area contributed by atoms with Crippen LogP contribution in [0.2, 0.25) is 0 Å². The van der Waals surface area contributed by atoms with Crippen LogP contribution < -0.4 is 10.6 Å². The smallest absolute Gasteiger partial charge is 0.219 e. The maximum Gasteiger partial charge on any atom is 0.219 e. The number of nitrogen functional groups attached to an aromatic ring is 1. The fourth-order valence-electron chi connectivity index (χ4n) is 5.26. The van der Waals surface area contributed by atoms with Gasteiger partial charge >= 0.3 is 0 Å². The molecule has 39 heavy (non-hydrogen) atoms. The number of ether oxygens (including phenoxy) is 1. The van der Waals surface area contributed by atoms with E-state index in [0.29, 0.717) is 19.0 Å². The largest absolute Gasteiger partial charge is 0.378 e. The van der Waals surface area contributed by atoms with E-state index in [0.717, 1.165) is 88.7 Å². The van der Waals surface area contributed by atoms with Crippen molar-refractivity contribution < 1.29 is 9.53 Å². The second kappa shape index (κ2) is 10.9. The highest BCUT2D eigenvalue weighted by molar-refractivity contribution is 7.23. The highest BCUT2D eigenvalue weighted by atomic mass is 32.1. The van der Waals surface area contributed by atoms with Gasteiger partial charge in [0, 0.05) is 56.5 Å². The molecular formula is C28H32N8O2S. The third-order valence-electron chi connectivity index (χ3n) is 7.54. The van der Waals surface area contributed by atoms with Crippen molar-refractivity contribution in [1.29, 1.82) is 0 Å². The van der Waals surface area contributed by atoms with Gasteiger partial charge in [-0.15, -0.1) is 11.3 Å².